The van der Waals surface area contributed by atoms with Crippen LogP contribution in [0.3, 0.4) is 0 Å². The van der Waals surface area contributed by atoms with Crippen molar-refractivity contribution in [3.8, 4) is 5.75 Å². The summed E-state index contributed by atoms with van der Waals surface area (Å²) in [5.41, 5.74) is 3.56. The molecule has 0 saturated carbocycles. The Morgan fingerprint density at radius 2 is 2.11 bits per heavy atom. The molecular formula is C27H27ClN6O2. The van der Waals surface area contributed by atoms with E-state index < -0.39 is 0 Å². The Morgan fingerprint density at radius 3 is 2.83 bits per heavy atom. The summed E-state index contributed by atoms with van der Waals surface area (Å²) >= 11 is 6.53. The molecule has 0 radical (unpaired) electrons. The van der Waals surface area contributed by atoms with Crippen LogP contribution in [0.4, 0.5) is 11.5 Å². The molecule has 0 spiro atoms. The number of anilines is 2. The number of hydrogen-bond acceptors (Lipinski definition) is 6. The van der Waals surface area contributed by atoms with Gasteiger partial charge in [0.15, 0.2) is 0 Å². The third-order valence-electron chi connectivity index (χ3n) is 6.39. The molecule has 4 aromatic rings. The molecule has 1 amide bonds. The maximum absolute atomic E-state index is 12.0. The summed E-state index contributed by atoms with van der Waals surface area (Å²) in [5, 5.41) is 4.88. The van der Waals surface area contributed by atoms with Crippen molar-refractivity contribution in [3.63, 3.8) is 0 Å². The van der Waals surface area contributed by atoms with E-state index >= 15 is 0 Å². The van der Waals surface area contributed by atoms with Crippen molar-refractivity contribution in [3.05, 3.63) is 83.6 Å². The van der Waals surface area contributed by atoms with E-state index in [1.807, 2.05) is 54.4 Å². The van der Waals surface area contributed by atoms with E-state index in [0.717, 1.165) is 46.6 Å². The second kappa shape index (κ2) is 10.4. The minimum Gasteiger partial charge on any atom is -0.486 e. The van der Waals surface area contributed by atoms with Crippen LogP contribution in [0.25, 0.3) is 11.0 Å². The average Bonchev–Trinajstić information content (AvgIpc) is 3.32. The Morgan fingerprint density at radius 1 is 1.28 bits per heavy atom. The Balaban J connectivity index is 1.36. The van der Waals surface area contributed by atoms with Crippen LogP contribution in [-0.4, -0.2) is 43.8 Å². The first-order chi connectivity index (χ1) is 17.5. The van der Waals surface area contributed by atoms with Crippen molar-refractivity contribution in [2.45, 2.75) is 32.3 Å². The van der Waals surface area contributed by atoms with Gasteiger partial charge in [0.1, 0.15) is 29.6 Å². The lowest BCUT2D eigenvalue weighted by atomic mass is 9.89. The molecule has 9 heteroatoms. The van der Waals surface area contributed by atoms with Gasteiger partial charge in [-0.25, -0.2) is 9.97 Å². The number of ether oxygens (including phenoxy) is 1. The van der Waals surface area contributed by atoms with Crippen LogP contribution >= 0.6 is 11.6 Å². The zero-order valence-electron chi connectivity index (χ0n) is 20.0. The molecule has 0 bridgehead atoms. The number of carbonyl (C=O) groups excluding carboxylic acids is 1. The maximum Gasteiger partial charge on any atom is 0.245 e. The number of piperidine rings is 1. The van der Waals surface area contributed by atoms with Crippen LogP contribution in [0.2, 0.25) is 5.02 Å². The molecule has 0 aliphatic carbocycles. The van der Waals surface area contributed by atoms with Crippen molar-refractivity contribution in [1.82, 2.24) is 24.8 Å². The predicted octanol–water partition coefficient (Wildman–Crippen LogP) is 5.53. The van der Waals surface area contributed by atoms with Crippen LogP contribution in [0, 0.1) is 6.92 Å². The monoisotopic (exact) mass is 502 g/mol. The zero-order chi connectivity index (χ0) is 25.1. The number of halogens is 1. The summed E-state index contributed by atoms with van der Waals surface area (Å²) in [6, 6.07) is 11.3. The van der Waals surface area contributed by atoms with Crippen LogP contribution in [0.5, 0.6) is 5.75 Å². The number of aryl methyl sites for hydroxylation is 1. The molecule has 0 unspecified atom stereocenters. The smallest absolute Gasteiger partial charge is 0.245 e. The minimum absolute atomic E-state index is 0.0157. The molecule has 1 fully saturated rings. The maximum atomic E-state index is 12.0. The normalized spacial score (nSPS) is 14.1. The molecule has 1 aliphatic heterocycles. The molecule has 3 aromatic heterocycles. The molecular weight excluding hydrogens is 476 g/mol. The Labute approximate surface area is 214 Å². The van der Waals surface area contributed by atoms with Crippen LogP contribution in [0.15, 0.2) is 61.4 Å². The number of carbonyl (C=O) groups is 1. The van der Waals surface area contributed by atoms with Crippen molar-refractivity contribution < 1.29 is 9.53 Å². The van der Waals surface area contributed by atoms with Crippen molar-refractivity contribution in [2.75, 3.05) is 18.4 Å². The van der Waals surface area contributed by atoms with E-state index in [1.165, 1.54) is 6.08 Å². The number of rotatable bonds is 7. The summed E-state index contributed by atoms with van der Waals surface area (Å²) in [7, 11) is 0. The van der Waals surface area contributed by atoms with Crippen molar-refractivity contribution >= 4 is 40.0 Å². The van der Waals surface area contributed by atoms with E-state index in [0.29, 0.717) is 42.2 Å². The number of H-pyrrole nitrogens is 1. The highest BCUT2D eigenvalue weighted by molar-refractivity contribution is 6.32. The minimum atomic E-state index is -0.0157. The quantitative estimate of drug-likeness (QED) is 0.322. The van der Waals surface area contributed by atoms with Crippen LogP contribution < -0.4 is 10.1 Å². The van der Waals surface area contributed by atoms with Gasteiger partial charge in [0.2, 0.25) is 5.91 Å². The zero-order valence-corrected chi connectivity index (χ0v) is 20.8. The van der Waals surface area contributed by atoms with Gasteiger partial charge in [0.05, 0.1) is 16.1 Å². The van der Waals surface area contributed by atoms with Gasteiger partial charge in [0, 0.05) is 31.2 Å². The molecule has 184 valence electrons. The number of aromatic nitrogens is 4. The SMILES string of the molecule is C=CC(=O)N1CCC(c2c[nH]c3nc(C)nc(Nc4ccc(OCc5ccccn5)c(Cl)c4)c23)CC1. The summed E-state index contributed by atoms with van der Waals surface area (Å²) in [5.74, 6) is 2.24. The molecule has 1 aromatic carbocycles. The van der Waals surface area contributed by atoms with Gasteiger partial charge in [-0.15, -0.1) is 0 Å². The largest absolute Gasteiger partial charge is 0.486 e. The number of benzene rings is 1. The number of hydrogen-bond donors (Lipinski definition) is 2. The number of likely N-dealkylation sites (tertiary alicyclic amines) is 1. The number of nitrogens with zero attached hydrogens (tertiary/aromatic N) is 4. The number of nitrogens with one attached hydrogen (secondary N) is 2. The van der Waals surface area contributed by atoms with E-state index in [-0.39, 0.29) is 5.91 Å². The fraction of sp³-hybridized carbons (Fsp3) is 0.259. The van der Waals surface area contributed by atoms with Crippen LogP contribution in [-0.2, 0) is 11.4 Å². The second-order valence-corrected chi connectivity index (χ2v) is 9.18. The third-order valence-corrected chi connectivity index (χ3v) is 6.69. The molecule has 36 heavy (non-hydrogen) atoms. The summed E-state index contributed by atoms with van der Waals surface area (Å²) < 4.78 is 5.85. The lowest BCUT2D eigenvalue weighted by Crippen LogP contribution is -2.36. The van der Waals surface area contributed by atoms with Gasteiger partial charge < -0.3 is 19.9 Å². The summed E-state index contributed by atoms with van der Waals surface area (Å²) in [6.45, 7) is 7.21. The molecule has 0 atom stereocenters. The standard InChI is InChI=1S/C27H27ClN6O2/c1-3-24(35)34-12-9-18(10-13-34)21-15-30-26-25(21)27(32-17(2)31-26)33-19-7-8-23(22(28)14-19)36-16-20-6-4-5-11-29-20/h3-8,11,14-15,18H,1,9-10,12-13,16H2,2H3,(H2,30,31,32,33). The highest BCUT2D eigenvalue weighted by Crippen LogP contribution is 2.37. The Kier molecular flexibility index (Phi) is 6.86. The predicted molar refractivity (Wildman–Crippen MR) is 141 cm³/mol. The molecule has 5 rings (SSSR count). The molecule has 4 heterocycles. The highest BCUT2D eigenvalue weighted by atomic mass is 35.5. The average molecular weight is 503 g/mol. The topological polar surface area (TPSA) is 96.0 Å². The van der Waals surface area contributed by atoms with Gasteiger partial charge in [-0.3, -0.25) is 9.78 Å². The van der Waals surface area contributed by atoms with E-state index in [4.69, 9.17) is 21.3 Å². The fourth-order valence-corrected chi connectivity index (χ4v) is 4.82. The molecule has 1 saturated heterocycles. The van der Waals surface area contributed by atoms with Gasteiger partial charge >= 0.3 is 0 Å². The summed E-state index contributed by atoms with van der Waals surface area (Å²) in [6.07, 6.45) is 6.87. The van der Waals surface area contributed by atoms with E-state index in [1.54, 1.807) is 6.20 Å². The van der Waals surface area contributed by atoms with Gasteiger partial charge in [-0.1, -0.05) is 24.2 Å². The number of amides is 1. The first-order valence-electron chi connectivity index (χ1n) is 11.9. The van der Waals surface area contributed by atoms with Crippen molar-refractivity contribution in [2.24, 2.45) is 0 Å². The van der Waals surface area contributed by atoms with Crippen molar-refractivity contribution in [1.29, 1.82) is 0 Å². The van der Waals surface area contributed by atoms with E-state index in [2.05, 4.69) is 26.8 Å². The highest BCUT2D eigenvalue weighted by Gasteiger charge is 2.26. The van der Waals surface area contributed by atoms with Gasteiger partial charge in [0.25, 0.3) is 0 Å². The Hall–Kier alpha value is -3.91. The Bertz CT molecular complexity index is 1400. The third kappa shape index (κ3) is 5.04. The second-order valence-electron chi connectivity index (χ2n) is 8.77. The van der Waals surface area contributed by atoms with E-state index in [9.17, 15) is 4.79 Å². The molecule has 1 aliphatic rings. The molecule has 8 nitrogen and oxygen atoms in total. The number of aromatic amines is 1. The molecule has 2 N–H and O–H groups in total. The first kappa shape index (κ1) is 23.8. The van der Waals surface area contributed by atoms with Gasteiger partial charge in [-0.2, -0.15) is 0 Å². The first-order valence-corrected chi connectivity index (χ1v) is 12.3. The fourth-order valence-electron chi connectivity index (χ4n) is 4.59. The lowest BCUT2D eigenvalue weighted by molar-refractivity contribution is -0.127. The van der Waals surface area contributed by atoms with Gasteiger partial charge in [-0.05, 0) is 67.7 Å². The van der Waals surface area contributed by atoms with Crippen LogP contribution in [0.1, 0.15) is 35.8 Å². The number of fused-ring (bicyclic) bond motifs is 1. The summed E-state index contributed by atoms with van der Waals surface area (Å²) in [4.78, 5) is 30.7. The lowest BCUT2D eigenvalue weighted by Gasteiger charge is -2.31. The number of pyridine rings is 1.